The average Bonchev–Trinajstić information content (AvgIpc) is 2.58. The minimum absolute atomic E-state index is 0.0660. The van der Waals surface area contributed by atoms with Crippen molar-refractivity contribution >= 4 is 18.2 Å². The van der Waals surface area contributed by atoms with Crippen molar-refractivity contribution < 1.29 is 53.8 Å². The number of ether oxygens (including phenoxy) is 4. The van der Waals surface area contributed by atoms with Gasteiger partial charge in [0.05, 0.1) is 6.10 Å². The van der Waals surface area contributed by atoms with Gasteiger partial charge in [0, 0.05) is 5.41 Å². The highest BCUT2D eigenvalue weighted by atomic mass is 16.7. The molecule has 162 valence electrons. The summed E-state index contributed by atoms with van der Waals surface area (Å²) in [7, 11) is 0. The van der Waals surface area contributed by atoms with Gasteiger partial charge in [0.15, 0.2) is 12.4 Å². The molecular formula is C15H26N2O11. The van der Waals surface area contributed by atoms with Crippen LogP contribution in [-0.2, 0) is 23.7 Å². The molecule has 13 nitrogen and oxygen atoms in total. The zero-order valence-electron chi connectivity index (χ0n) is 15.4. The SMILES string of the molecule is CC(CC(C)(COC(N)=O)COC(N)=O)OC1OC(C(=O)O)C(O)C(O)C1O. The van der Waals surface area contributed by atoms with Crippen LogP contribution in [0.2, 0.25) is 0 Å². The van der Waals surface area contributed by atoms with Gasteiger partial charge >= 0.3 is 18.2 Å². The molecule has 13 heteroatoms. The van der Waals surface area contributed by atoms with Crippen molar-refractivity contribution in [3.63, 3.8) is 0 Å². The van der Waals surface area contributed by atoms with E-state index in [9.17, 15) is 29.7 Å². The zero-order valence-corrected chi connectivity index (χ0v) is 15.4. The highest BCUT2D eigenvalue weighted by Crippen LogP contribution is 2.29. The molecule has 0 bridgehead atoms. The maximum Gasteiger partial charge on any atom is 0.404 e. The maximum absolute atomic E-state index is 11.1. The quantitative estimate of drug-likeness (QED) is 0.241. The minimum Gasteiger partial charge on any atom is -0.479 e. The number of aliphatic hydroxyl groups is 3. The summed E-state index contributed by atoms with van der Waals surface area (Å²) in [5, 5.41) is 38.5. The smallest absolute Gasteiger partial charge is 0.404 e. The first kappa shape index (κ1) is 23.8. The summed E-state index contributed by atoms with van der Waals surface area (Å²) in [6, 6.07) is 0. The van der Waals surface area contributed by atoms with Crippen molar-refractivity contribution in [1.29, 1.82) is 0 Å². The maximum atomic E-state index is 11.1. The lowest BCUT2D eigenvalue weighted by atomic mass is 9.86. The molecule has 2 amide bonds. The molecule has 0 aromatic rings. The Morgan fingerprint density at radius 2 is 1.54 bits per heavy atom. The van der Waals surface area contributed by atoms with E-state index in [1.165, 1.54) is 6.92 Å². The Bertz CT molecular complexity index is 554. The lowest BCUT2D eigenvalue weighted by Crippen LogP contribution is -2.60. The summed E-state index contributed by atoms with van der Waals surface area (Å²) < 4.78 is 20.0. The van der Waals surface area contributed by atoms with Crippen LogP contribution in [0.4, 0.5) is 9.59 Å². The molecular weight excluding hydrogens is 384 g/mol. The number of hydrogen-bond acceptors (Lipinski definition) is 10. The normalized spacial score (nSPS) is 29.0. The average molecular weight is 410 g/mol. The number of nitrogens with two attached hydrogens (primary N) is 2. The molecule has 1 aliphatic heterocycles. The predicted molar refractivity (Wildman–Crippen MR) is 88.7 cm³/mol. The number of primary amides is 2. The van der Waals surface area contributed by atoms with Crippen LogP contribution in [0, 0.1) is 5.41 Å². The van der Waals surface area contributed by atoms with Crippen LogP contribution >= 0.6 is 0 Å². The number of hydrogen-bond donors (Lipinski definition) is 6. The van der Waals surface area contributed by atoms with Gasteiger partial charge in [-0.3, -0.25) is 0 Å². The number of aliphatic hydroxyl groups excluding tert-OH is 3. The number of carbonyl (C=O) groups excluding carboxylic acids is 2. The van der Waals surface area contributed by atoms with Crippen molar-refractivity contribution in [2.75, 3.05) is 13.2 Å². The van der Waals surface area contributed by atoms with Gasteiger partial charge in [0.2, 0.25) is 0 Å². The fourth-order valence-corrected chi connectivity index (χ4v) is 2.79. The Kier molecular flexibility index (Phi) is 8.38. The van der Waals surface area contributed by atoms with E-state index < -0.39 is 60.4 Å². The molecule has 28 heavy (non-hydrogen) atoms. The van der Waals surface area contributed by atoms with E-state index in [-0.39, 0.29) is 19.6 Å². The van der Waals surface area contributed by atoms with Gasteiger partial charge in [-0.05, 0) is 13.3 Å². The number of amides is 2. The molecule has 0 aromatic heterocycles. The van der Waals surface area contributed by atoms with Crippen LogP contribution in [0.25, 0.3) is 0 Å². The second-order valence-electron chi connectivity index (χ2n) is 6.91. The molecule has 0 radical (unpaired) electrons. The molecule has 6 unspecified atom stereocenters. The third kappa shape index (κ3) is 6.76. The molecule has 1 aliphatic rings. The van der Waals surface area contributed by atoms with Crippen LogP contribution in [0.5, 0.6) is 0 Å². The lowest BCUT2D eigenvalue weighted by Gasteiger charge is -2.40. The summed E-state index contributed by atoms with van der Waals surface area (Å²) in [6.45, 7) is 2.60. The van der Waals surface area contributed by atoms with E-state index in [1.807, 2.05) is 0 Å². The van der Waals surface area contributed by atoms with E-state index in [2.05, 4.69) is 0 Å². The predicted octanol–water partition coefficient (Wildman–Crippen LogP) is -2.13. The van der Waals surface area contributed by atoms with Crippen molar-refractivity contribution in [1.82, 2.24) is 0 Å². The summed E-state index contributed by atoms with van der Waals surface area (Å²) in [6.07, 6.45) is -11.5. The van der Waals surface area contributed by atoms with E-state index in [0.29, 0.717) is 0 Å². The number of carboxylic acids is 1. The van der Waals surface area contributed by atoms with E-state index in [1.54, 1.807) is 6.92 Å². The minimum atomic E-state index is -1.85. The fraction of sp³-hybridized carbons (Fsp3) is 0.800. The van der Waals surface area contributed by atoms with Gasteiger partial charge in [0.25, 0.3) is 0 Å². The van der Waals surface area contributed by atoms with Gasteiger partial charge in [-0.1, -0.05) is 6.92 Å². The lowest BCUT2D eigenvalue weighted by molar-refractivity contribution is -0.304. The fourth-order valence-electron chi connectivity index (χ4n) is 2.79. The Morgan fingerprint density at radius 3 is 1.96 bits per heavy atom. The molecule has 1 rings (SSSR count). The van der Waals surface area contributed by atoms with Gasteiger partial charge in [-0.2, -0.15) is 0 Å². The topological polar surface area (TPSA) is 221 Å². The molecule has 1 heterocycles. The highest BCUT2D eigenvalue weighted by molar-refractivity contribution is 5.73. The zero-order chi connectivity index (χ0) is 21.6. The van der Waals surface area contributed by atoms with Crippen molar-refractivity contribution in [2.45, 2.75) is 57.1 Å². The molecule has 0 spiro atoms. The third-order valence-electron chi connectivity index (χ3n) is 4.09. The first-order valence-electron chi connectivity index (χ1n) is 8.28. The molecule has 6 atom stereocenters. The molecule has 0 saturated carbocycles. The first-order chi connectivity index (χ1) is 12.9. The van der Waals surface area contributed by atoms with Gasteiger partial charge in [-0.25, -0.2) is 14.4 Å². The van der Waals surface area contributed by atoms with Gasteiger partial charge in [0.1, 0.15) is 31.5 Å². The molecule has 8 N–H and O–H groups in total. The summed E-state index contributed by atoms with van der Waals surface area (Å²) in [4.78, 5) is 32.9. The van der Waals surface area contributed by atoms with E-state index in [4.69, 9.17) is 35.5 Å². The monoisotopic (exact) mass is 410 g/mol. The summed E-state index contributed by atoms with van der Waals surface area (Å²) in [5.74, 6) is -1.55. The molecule has 1 fully saturated rings. The Hall–Kier alpha value is -2.19. The Labute approximate surface area is 160 Å². The Balaban J connectivity index is 2.80. The second-order valence-corrected chi connectivity index (χ2v) is 6.91. The number of carboxylic acid groups (broad SMARTS) is 1. The van der Waals surface area contributed by atoms with Crippen LogP contribution in [-0.4, -0.2) is 88.6 Å². The van der Waals surface area contributed by atoms with Crippen molar-refractivity contribution in [3.8, 4) is 0 Å². The number of aliphatic carboxylic acids is 1. The highest BCUT2D eigenvalue weighted by Gasteiger charge is 2.48. The summed E-state index contributed by atoms with van der Waals surface area (Å²) >= 11 is 0. The first-order valence-corrected chi connectivity index (χ1v) is 8.28. The molecule has 0 aliphatic carbocycles. The van der Waals surface area contributed by atoms with Crippen LogP contribution in [0.1, 0.15) is 20.3 Å². The Morgan fingerprint density at radius 1 is 1.04 bits per heavy atom. The van der Waals surface area contributed by atoms with E-state index in [0.717, 1.165) is 0 Å². The van der Waals surface area contributed by atoms with Crippen LogP contribution < -0.4 is 11.5 Å². The largest absolute Gasteiger partial charge is 0.479 e. The van der Waals surface area contributed by atoms with E-state index >= 15 is 0 Å². The van der Waals surface area contributed by atoms with Gasteiger partial charge < -0.3 is 50.8 Å². The van der Waals surface area contributed by atoms with Crippen molar-refractivity contribution in [3.05, 3.63) is 0 Å². The van der Waals surface area contributed by atoms with Crippen molar-refractivity contribution in [2.24, 2.45) is 16.9 Å². The van der Waals surface area contributed by atoms with Crippen LogP contribution in [0.15, 0.2) is 0 Å². The summed E-state index contributed by atoms with van der Waals surface area (Å²) in [5.41, 5.74) is 8.89. The number of carbonyl (C=O) groups is 3. The number of rotatable bonds is 9. The standard InChI is InChI=1S/C15H26N2O11/c1-6(3-15(2,4-25-13(16)23)5-26-14(17)24)27-12-9(20)7(18)8(19)10(28-12)11(21)22/h6-10,12,18-20H,3-5H2,1-2H3,(H2,16,23)(H2,17,24)(H,21,22). The van der Waals surface area contributed by atoms with Crippen LogP contribution in [0.3, 0.4) is 0 Å². The second kappa shape index (κ2) is 9.84. The molecule has 0 aromatic carbocycles. The van der Waals surface area contributed by atoms with Gasteiger partial charge in [-0.15, -0.1) is 0 Å². The molecule has 1 saturated heterocycles. The third-order valence-corrected chi connectivity index (χ3v) is 4.09.